The Labute approximate surface area is 173 Å². The fraction of sp³-hybridized carbons (Fsp3) is 0.318. The third-order valence-electron chi connectivity index (χ3n) is 5.20. The van der Waals surface area contributed by atoms with E-state index < -0.39 is 5.91 Å². The summed E-state index contributed by atoms with van der Waals surface area (Å²) in [4.78, 5) is 50.3. The van der Waals surface area contributed by atoms with E-state index in [-0.39, 0.29) is 42.4 Å². The van der Waals surface area contributed by atoms with Gasteiger partial charge < -0.3 is 10.3 Å². The molecule has 4 rings (SSSR count). The lowest BCUT2D eigenvalue weighted by atomic mass is 10.0. The minimum absolute atomic E-state index is 0.136. The van der Waals surface area contributed by atoms with Crippen molar-refractivity contribution in [1.29, 1.82) is 0 Å². The molecular weight excluding hydrogens is 382 g/mol. The number of hydrogen-bond donors (Lipinski definition) is 2. The molecule has 8 nitrogen and oxygen atoms in total. The number of aromatic nitrogens is 3. The summed E-state index contributed by atoms with van der Waals surface area (Å²) in [7, 11) is 0. The molecule has 1 aliphatic heterocycles. The summed E-state index contributed by atoms with van der Waals surface area (Å²) in [6.45, 7) is 4.21. The number of aromatic amines is 1. The Morgan fingerprint density at radius 3 is 2.67 bits per heavy atom. The normalized spacial score (nSPS) is 14.4. The smallest absolute Gasteiger partial charge is 0.280 e. The standard InChI is InChI=1S/C22H23N5O3/c1-13(2)18(20-24-15-8-3-4-9-16(15)25-20)26-17(28)10-6-12-27-21(29)14-7-5-11-23-19(14)22(27)30/h3-5,7-9,11,13,18H,6,10,12H2,1-2H3,(H,24,25)(H,26,28)/t18-/m1/s1. The fourth-order valence-electron chi connectivity index (χ4n) is 3.63. The number of nitrogens with one attached hydrogen (secondary N) is 2. The van der Waals surface area contributed by atoms with Gasteiger partial charge in [-0.2, -0.15) is 0 Å². The number of fused-ring (bicyclic) bond motifs is 2. The predicted molar refractivity (Wildman–Crippen MR) is 111 cm³/mol. The zero-order valence-electron chi connectivity index (χ0n) is 16.9. The van der Waals surface area contributed by atoms with E-state index in [4.69, 9.17) is 0 Å². The molecule has 2 N–H and O–H groups in total. The number of carbonyl (C=O) groups excluding carboxylic acids is 3. The maximum Gasteiger partial charge on any atom is 0.280 e. The summed E-state index contributed by atoms with van der Waals surface area (Å²) in [5.41, 5.74) is 2.27. The first-order chi connectivity index (χ1) is 14.5. The topological polar surface area (TPSA) is 108 Å². The van der Waals surface area contributed by atoms with Crippen molar-refractivity contribution in [2.45, 2.75) is 32.7 Å². The molecular formula is C22H23N5O3. The van der Waals surface area contributed by atoms with E-state index >= 15 is 0 Å². The number of imide groups is 1. The van der Waals surface area contributed by atoms with Gasteiger partial charge in [-0.05, 0) is 36.6 Å². The number of benzene rings is 1. The molecule has 3 heterocycles. The van der Waals surface area contributed by atoms with Crippen LogP contribution < -0.4 is 5.32 Å². The molecule has 0 saturated carbocycles. The summed E-state index contributed by atoms with van der Waals surface area (Å²) in [6.07, 6.45) is 2.07. The second-order valence-electron chi connectivity index (χ2n) is 7.69. The van der Waals surface area contributed by atoms with Crippen LogP contribution in [0, 0.1) is 5.92 Å². The van der Waals surface area contributed by atoms with E-state index in [1.54, 1.807) is 12.1 Å². The van der Waals surface area contributed by atoms with Crippen LogP contribution in [0.4, 0.5) is 0 Å². The SMILES string of the molecule is CC(C)[C@@H](NC(=O)CCCN1C(=O)c2cccnc2C1=O)c1nc2ccccc2[nH]1. The van der Waals surface area contributed by atoms with Crippen LogP contribution in [0.1, 0.15) is 59.4 Å². The van der Waals surface area contributed by atoms with Crippen molar-refractivity contribution in [3.8, 4) is 0 Å². The van der Waals surface area contributed by atoms with Gasteiger partial charge in [0, 0.05) is 19.2 Å². The second-order valence-corrected chi connectivity index (χ2v) is 7.69. The highest BCUT2D eigenvalue weighted by atomic mass is 16.2. The van der Waals surface area contributed by atoms with Crippen LogP contribution in [-0.4, -0.2) is 44.1 Å². The minimum atomic E-state index is -0.404. The molecule has 1 atom stereocenters. The number of hydrogen-bond acceptors (Lipinski definition) is 5. The van der Waals surface area contributed by atoms with Gasteiger partial charge in [-0.3, -0.25) is 24.3 Å². The van der Waals surface area contributed by atoms with E-state index in [0.29, 0.717) is 17.8 Å². The van der Waals surface area contributed by atoms with Crippen LogP contribution >= 0.6 is 0 Å². The zero-order chi connectivity index (χ0) is 21.3. The lowest BCUT2D eigenvalue weighted by molar-refractivity contribution is -0.122. The number of H-pyrrole nitrogens is 1. The Balaban J connectivity index is 1.36. The highest BCUT2D eigenvalue weighted by Gasteiger charge is 2.36. The lowest BCUT2D eigenvalue weighted by Crippen LogP contribution is -2.34. The molecule has 30 heavy (non-hydrogen) atoms. The molecule has 1 aliphatic rings. The molecule has 0 spiro atoms. The van der Waals surface area contributed by atoms with Crippen molar-refractivity contribution in [2.75, 3.05) is 6.54 Å². The number of nitrogens with zero attached hydrogens (tertiary/aromatic N) is 3. The van der Waals surface area contributed by atoms with E-state index in [1.807, 2.05) is 38.1 Å². The molecule has 0 unspecified atom stereocenters. The van der Waals surface area contributed by atoms with Gasteiger partial charge in [-0.15, -0.1) is 0 Å². The van der Waals surface area contributed by atoms with Gasteiger partial charge >= 0.3 is 0 Å². The van der Waals surface area contributed by atoms with Gasteiger partial charge in [0.05, 0.1) is 22.6 Å². The van der Waals surface area contributed by atoms with Gasteiger partial charge in [0.1, 0.15) is 11.5 Å². The molecule has 154 valence electrons. The molecule has 0 radical (unpaired) electrons. The number of pyridine rings is 1. The largest absolute Gasteiger partial charge is 0.346 e. The Morgan fingerprint density at radius 2 is 1.93 bits per heavy atom. The van der Waals surface area contributed by atoms with Gasteiger partial charge in [-0.25, -0.2) is 4.98 Å². The molecule has 0 bridgehead atoms. The lowest BCUT2D eigenvalue weighted by Gasteiger charge is -2.20. The van der Waals surface area contributed by atoms with E-state index in [9.17, 15) is 14.4 Å². The molecule has 0 saturated heterocycles. The molecule has 3 amide bonds. The number of amides is 3. The molecule has 8 heteroatoms. The highest BCUT2D eigenvalue weighted by molar-refractivity contribution is 6.20. The third kappa shape index (κ3) is 3.68. The first-order valence-corrected chi connectivity index (χ1v) is 10.0. The maximum absolute atomic E-state index is 12.5. The maximum atomic E-state index is 12.5. The highest BCUT2D eigenvalue weighted by Crippen LogP contribution is 2.23. The van der Waals surface area contributed by atoms with Crippen molar-refractivity contribution in [2.24, 2.45) is 5.92 Å². The first-order valence-electron chi connectivity index (χ1n) is 10.0. The number of carbonyl (C=O) groups is 3. The number of imidazole rings is 1. The van der Waals surface area contributed by atoms with Gasteiger partial charge in [0.25, 0.3) is 11.8 Å². The third-order valence-corrected chi connectivity index (χ3v) is 5.20. The van der Waals surface area contributed by atoms with Gasteiger partial charge in [0.15, 0.2) is 0 Å². The van der Waals surface area contributed by atoms with Crippen molar-refractivity contribution < 1.29 is 14.4 Å². The Hall–Kier alpha value is -3.55. The van der Waals surface area contributed by atoms with Crippen LogP contribution in [0.3, 0.4) is 0 Å². The number of para-hydroxylation sites is 2. The van der Waals surface area contributed by atoms with Crippen molar-refractivity contribution in [3.05, 3.63) is 59.7 Å². The average Bonchev–Trinajstić information content (AvgIpc) is 3.27. The Bertz CT molecular complexity index is 1050. The summed E-state index contributed by atoms with van der Waals surface area (Å²) in [6, 6.07) is 10.7. The van der Waals surface area contributed by atoms with Crippen LogP contribution in [-0.2, 0) is 4.79 Å². The zero-order valence-corrected chi connectivity index (χ0v) is 16.9. The van der Waals surface area contributed by atoms with Crippen LogP contribution in [0.2, 0.25) is 0 Å². The van der Waals surface area contributed by atoms with Crippen LogP contribution in [0.15, 0.2) is 42.6 Å². The molecule has 0 fully saturated rings. The summed E-state index contributed by atoms with van der Waals surface area (Å²) in [5, 5.41) is 3.03. The predicted octanol–water partition coefficient (Wildman–Crippen LogP) is 2.85. The first kappa shape index (κ1) is 19.8. The molecule has 2 aromatic heterocycles. The number of rotatable bonds is 7. The van der Waals surface area contributed by atoms with Crippen LogP contribution in [0.25, 0.3) is 11.0 Å². The Kier molecular flexibility index (Phi) is 5.31. The van der Waals surface area contributed by atoms with Crippen molar-refractivity contribution in [3.63, 3.8) is 0 Å². The van der Waals surface area contributed by atoms with Crippen molar-refractivity contribution >= 4 is 28.8 Å². The molecule has 3 aromatic rings. The molecule has 1 aromatic carbocycles. The van der Waals surface area contributed by atoms with E-state index in [0.717, 1.165) is 15.9 Å². The van der Waals surface area contributed by atoms with Crippen molar-refractivity contribution in [1.82, 2.24) is 25.2 Å². The van der Waals surface area contributed by atoms with Crippen LogP contribution in [0.5, 0.6) is 0 Å². The van der Waals surface area contributed by atoms with E-state index in [2.05, 4.69) is 20.3 Å². The fourth-order valence-corrected chi connectivity index (χ4v) is 3.63. The summed E-state index contributed by atoms with van der Waals surface area (Å²) < 4.78 is 0. The average molecular weight is 405 g/mol. The Morgan fingerprint density at radius 1 is 1.13 bits per heavy atom. The van der Waals surface area contributed by atoms with Gasteiger partial charge in [0.2, 0.25) is 5.91 Å². The quantitative estimate of drug-likeness (QED) is 0.588. The summed E-state index contributed by atoms with van der Waals surface area (Å²) in [5.74, 6) is -0.0594. The second kappa shape index (κ2) is 8.06. The van der Waals surface area contributed by atoms with E-state index in [1.165, 1.54) is 6.20 Å². The monoisotopic (exact) mass is 405 g/mol. The minimum Gasteiger partial charge on any atom is -0.346 e. The van der Waals surface area contributed by atoms with Gasteiger partial charge in [-0.1, -0.05) is 26.0 Å². The molecule has 0 aliphatic carbocycles. The summed E-state index contributed by atoms with van der Waals surface area (Å²) >= 11 is 0.